The first-order valence-corrected chi connectivity index (χ1v) is 4.98. The molecule has 0 heterocycles. The first-order chi connectivity index (χ1) is 3.68. The van der Waals surface area contributed by atoms with Crippen LogP contribution >= 0.6 is 0 Å². The quantitative estimate of drug-likeness (QED) is 0.527. The van der Waals surface area contributed by atoms with Gasteiger partial charge in [-0.25, -0.2) is 0 Å². The molecule has 0 spiro atoms. The van der Waals surface area contributed by atoms with E-state index in [9.17, 15) is 9.90 Å². The number of aliphatic hydroxyl groups excluding tert-OH is 1. The third kappa shape index (κ3) is 3.02. The minimum absolute atomic E-state index is 0.208. The average molecular weight is 182 g/mol. The Morgan fingerprint density at radius 2 is 2.50 bits per heavy atom. The summed E-state index contributed by atoms with van der Waals surface area (Å²) in [5.74, 6) is 0.493. The van der Waals surface area contributed by atoms with Gasteiger partial charge in [-0.3, -0.25) is 0 Å². The molecule has 0 saturated carbocycles. The summed E-state index contributed by atoms with van der Waals surface area (Å²) in [5.41, 5.74) is 0. The zero-order valence-corrected chi connectivity index (χ0v) is 6.17. The Morgan fingerprint density at radius 1 is 2.00 bits per heavy atom. The van der Waals surface area contributed by atoms with Crippen molar-refractivity contribution in [3.8, 4) is 0 Å². The van der Waals surface area contributed by atoms with Gasteiger partial charge < -0.3 is 0 Å². The van der Waals surface area contributed by atoms with Crippen LogP contribution in [0.1, 0.15) is 0 Å². The SMILES string of the molecule is C[Se]CC(O)C(=O)[O-]. The number of aliphatic carboxylic acids is 1. The van der Waals surface area contributed by atoms with Crippen molar-refractivity contribution in [1.82, 2.24) is 0 Å². The number of carbonyl (C=O) groups excluding carboxylic acids is 1. The Hall–Kier alpha value is -0.0505. The van der Waals surface area contributed by atoms with Crippen LogP contribution in [-0.4, -0.2) is 32.1 Å². The zero-order valence-electron chi connectivity index (χ0n) is 4.46. The van der Waals surface area contributed by atoms with Gasteiger partial charge in [0.2, 0.25) is 0 Å². The maximum absolute atomic E-state index is 9.74. The summed E-state index contributed by atoms with van der Waals surface area (Å²) in [6.07, 6.45) is -1.25. The molecular formula is C4H7O3Se-. The fourth-order valence-corrected chi connectivity index (χ4v) is 1.17. The van der Waals surface area contributed by atoms with Crippen molar-refractivity contribution < 1.29 is 15.0 Å². The van der Waals surface area contributed by atoms with E-state index < -0.39 is 12.1 Å². The standard InChI is InChI=1S/C4H8O3Se/c1-8-2-3(5)4(6)7/h3,5H,2H2,1H3,(H,6,7)/p-1. The molecule has 0 rings (SSSR count). The first-order valence-electron chi connectivity index (χ1n) is 2.06. The molecule has 0 bridgehead atoms. The maximum atomic E-state index is 9.74. The third-order valence-electron chi connectivity index (χ3n) is 0.597. The number of hydrogen-bond acceptors (Lipinski definition) is 3. The van der Waals surface area contributed by atoms with E-state index in [0.29, 0.717) is 5.32 Å². The number of carboxylic acid groups (broad SMARTS) is 1. The Morgan fingerprint density at radius 3 is 2.62 bits per heavy atom. The molecule has 0 aliphatic rings. The summed E-state index contributed by atoms with van der Waals surface area (Å²) < 4.78 is 0. The van der Waals surface area contributed by atoms with Gasteiger partial charge in [0.15, 0.2) is 0 Å². The van der Waals surface area contributed by atoms with Crippen LogP contribution in [0.2, 0.25) is 11.1 Å². The molecule has 0 fully saturated rings. The van der Waals surface area contributed by atoms with Gasteiger partial charge in [0.05, 0.1) is 0 Å². The second-order valence-corrected chi connectivity index (χ2v) is 3.20. The fourth-order valence-electron chi connectivity index (χ4n) is 0.226. The summed E-state index contributed by atoms with van der Waals surface area (Å²) in [6, 6.07) is 0. The van der Waals surface area contributed by atoms with Gasteiger partial charge in [-0.15, -0.1) is 0 Å². The van der Waals surface area contributed by atoms with Gasteiger partial charge >= 0.3 is 53.2 Å². The van der Waals surface area contributed by atoms with Crippen LogP contribution < -0.4 is 5.11 Å². The molecule has 1 atom stereocenters. The molecule has 1 N–H and O–H groups in total. The Bertz CT molecular complexity index is 83.4. The van der Waals surface area contributed by atoms with Gasteiger partial charge in [0.1, 0.15) is 0 Å². The summed E-state index contributed by atoms with van der Waals surface area (Å²) in [4.78, 5) is 9.74. The van der Waals surface area contributed by atoms with Gasteiger partial charge in [0, 0.05) is 0 Å². The zero-order chi connectivity index (χ0) is 6.57. The number of hydrogen-bond donors (Lipinski definition) is 1. The monoisotopic (exact) mass is 183 g/mol. The van der Waals surface area contributed by atoms with Crippen molar-refractivity contribution >= 4 is 20.9 Å². The van der Waals surface area contributed by atoms with E-state index >= 15 is 0 Å². The first kappa shape index (κ1) is 7.95. The summed E-state index contributed by atoms with van der Waals surface area (Å²) >= 11 is 0.208. The molecule has 0 amide bonds. The second-order valence-electron chi connectivity index (χ2n) is 1.29. The normalized spacial score (nSPS) is 13.2. The molecule has 0 saturated heterocycles. The topological polar surface area (TPSA) is 60.4 Å². The second kappa shape index (κ2) is 3.89. The van der Waals surface area contributed by atoms with E-state index in [0.717, 1.165) is 0 Å². The number of carbonyl (C=O) groups is 1. The molecule has 0 aliphatic heterocycles. The summed E-state index contributed by atoms with van der Waals surface area (Å²) in [6.45, 7) is 0. The van der Waals surface area contributed by atoms with E-state index in [1.165, 1.54) is 0 Å². The van der Waals surface area contributed by atoms with Crippen molar-refractivity contribution in [3.63, 3.8) is 0 Å². The van der Waals surface area contributed by atoms with E-state index in [1.807, 2.05) is 5.82 Å². The van der Waals surface area contributed by atoms with Crippen LogP contribution in [0.3, 0.4) is 0 Å². The van der Waals surface area contributed by atoms with Crippen LogP contribution in [0.5, 0.6) is 0 Å². The molecule has 0 radical (unpaired) electrons. The third-order valence-corrected chi connectivity index (χ3v) is 1.96. The Balaban J connectivity index is 3.32. The van der Waals surface area contributed by atoms with Gasteiger partial charge in [-0.1, -0.05) is 0 Å². The van der Waals surface area contributed by atoms with Crippen molar-refractivity contribution in [2.45, 2.75) is 17.2 Å². The van der Waals surface area contributed by atoms with Crippen molar-refractivity contribution in [1.29, 1.82) is 0 Å². The minimum atomic E-state index is -1.37. The van der Waals surface area contributed by atoms with Crippen LogP contribution in [0.25, 0.3) is 0 Å². The van der Waals surface area contributed by atoms with E-state index in [4.69, 9.17) is 5.11 Å². The Labute approximate surface area is 53.9 Å². The van der Waals surface area contributed by atoms with Gasteiger partial charge in [0.25, 0.3) is 0 Å². The molecule has 0 aliphatic carbocycles. The summed E-state index contributed by atoms with van der Waals surface area (Å²) in [7, 11) is 0. The van der Waals surface area contributed by atoms with Crippen LogP contribution in [-0.2, 0) is 4.79 Å². The van der Waals surface area contributed by atoms with Gasteiger partial charge in [-0.2, -0.15) is 0 Å². The molecule has 8 heavy (non-hydrogen) atoms. The molecule has 0 aromatic carbocycles. The van der Waals surface area contributed by atoms with E-state index in [-0.39, 0.29) is 15.0 Å². The number of aliphatic hydroxyl groups is 1. The number of rotatable bonds is 3. The van der Waals surface area contributed by atoms with E-state index in [1.54, 1.807) is 0 Å². The van der Waals surface area contributed by atoms with Crippen LogP contribution in [0.15, 0.2) is 0 Å². The van der Waals surface area contributed by atoms with Crippen molar-refractivity contribution in [3.05, 3.63) is 0 Å². The molecule has 0 aromatic heterocycles. The van der Waals surface area contributed by atoms with Gasteiger partial charge in [-0.05, 0) is 0 Å². The average Bonchev–Trinajstić information content (AvgIpc) is 1.67. The summed E-state index contributed by atoms with van der Waals surface area (Å²) in [5, 5.41) is 18.6. The van der Waals surface area contributed by atoms with E-state index in [2.05, 4.69) is 0 Å². The number of carboxylic acids is 1. The fraction of sp³-hybridized carbons (Fsp3) is 0.750. The molecule has 48 valence electrons. The predicted molar refractivity (Wildman–Crippen MR) is 27.4 cm³/mol. The Kier molecular flexibility index (Phi) is 3.87. The van der Waals surface area contributed by atoms with Crippen LogP contribution in [0.4, 0.5) is 0 Å². The molecule has 3 nitrogen and oxygen atoms in total. The molecule has 0 aromatic rings. The molecular weight excluding hydrogens is 175 g/mol. The van der Waals surface area contributed by atoms with Crippen molar-refractivity contribution in [2.24, 2.45) is 0 Å². The predicted octanol–water partition coefficient (Wildman–Crippen LogP) is -1.73. The molecule has 4 heteroatoms. The molecule has 1 unspecified atom stereocenters. The van der Waals surface area contributed by atoms with Crippen molar-refractivity contribution in [2.75, 3.05) is 0 Å². The van der Waals surface area contributed by atoms with Crippen LogP contribution in [0, 0.1) is 0 Å².